The summed E-state index contributed by atoms with van der Waals surface area (Å²) in [5.74, 6) is 0. The number of fused-ring (bicyclic) bond motifs is 1. The standard InChI is InChI=1S/C16H21N3/c1-12-10-16(14-7-2-3-8-15(14)18-12)19-13-6-4-5-9-17-11-13/h2-3,7-8,10,13,17H,4-6,9,11H2,1H3,(H,18,19). The lowest BCUT2D eigenvalue weighted by atomic mass is 10.1. The zero-order valence-corrected chi connectivity index (χ0v) is 11.4. The Morgan fingerprint density at radius 1 is 1.26 bits per heavy atom. The van der Waals surface area contributed by atoms with Crippen LogP contribution in [0.5, 0.6) is 0 Å². The van der Waals surface area contributed by atoms with Gasteiger partial charge in [-0.3, -0.25) is 4.98 Å². The first-order chi connectivity index (χ1) is 9.33. The van der Waals surface area contributed by atoms with Crippen molar-refractivity contribution in [3.05, 3.63) is 36.0 Å². The largest absolute Gasteiger partial charge is 0.380 e. The Bertz CT molecular complexity index is 557. The maximum Gasteiger partial charge on any atom is 0.0725 e. The first kappa shape index (κ1) is 12.4. The molecule has 1 aliphatic heterocycles. The van der Waals surface area contributed by atoms with Gasteiger partial charge in [0.15, 0.2) is 0 Å². The molecule has 1 aromatic carbocycles. The van der Waals surface area contributed by atoms with Gasteiger partial charge in [0.05, 0.1) is 5.52 Å². The van der Waals surface area contributed by atoms with Crippen LogP contribution in [0, 0.1) is 6.92 Å². The zero-order chi connectivity index (χ0) is 13.1. The van der Waals surface area contributed by atoms with Gasteiger partial charge in [0.25, 0.3) is 0 Å². The van der Waals surface area contributed by atoms with E-state index in [0.717, 1.165) is 24.3 Å². The molecule has 0 amide bonds. The smallest absolute Gasteiger partial charge is 0.0725 e. The van der Waals surface area contributed by atoms with Crippen LogP contribution in [0.2, 0.25) is 0 Å². The fraction of sp³-hybridized carbons (Fsp3) is 0.438. The zero-order valence-electron chi connectivity index (χ0n) is 11.4. The van der Waals surface area contributed by atoms with Gasteiger partial charge >= 0.3 is 0 Å². The SMILES string of the molecule is Cc1cc(NC2CCCCNC2)c2ccccc2n1. The topological polar surface area (TPSA) is 37.0 Å². The van der Waals surface area contributed by atoms with E-state index in [0.29, 0.717) is 6.04 Å². The van der Waals surface area contributed by atoms with E-state index in [4.69, 9.17) is 0 Å². The Morgan fingerprint density at radius 2 is 2.16 bits per heavy atom. The molecule has 0 bridgehead atoms. The fourth-order valence-corrected chi connectivity index (χ4v) is 2.79. The van der Waals surface area contributed by atoms with Crippen LogP contribution in [0.25, 0.3) is 10.9 Å². The number of nitrogens with one attached hydrogen (secondary N) is 2. The van der Waals surface area contributed by atoms with Gasteiger partial charge < -0.3 is 10.6 Å². The summed E-state index contributed by atoms with van der Waals surface area (Å²) in [4.78, 5) is 4.59. The first-order valence-electron chi connectivity index (χ1n) is 7.16. The number of anilines is 1. The van der Waals surface area contributed by atoms with Gasteiger partial charge in [0.1, 0.15) is 0 Å². The van der Waals surface area contributed by atoms with Crippen LogP contribution in [0.4, 0.5) is 5.69 Å². The van der Waals surface area contributed by atoms with Crippen molar-refractivity contribution in [1.29, 1.82) is 0 Å². The average Bonchev–Trinajstić information content (AvgIpc) is 2.67. The molecule has 3 rings (SSSR count). The van der Waals surface area contributed by atoms with Gasteiger partial charge in [0, 0.05) is 29.4 Å². The van der Waals surface area contributed by atoms with Crippen LogP contribution < -0.4 is 10.6 Å². The van der Waals surface area contributed by atoms with Crippen molar-refractivity contribution in [3.8, 4) is 0 Å². The van der Waals surface area contributed by atoms with Crippen molar-refractivity contribution in [2.45, 2.75) is 32.2 Å². The second-order valence-electron chi connectivity index (χ2n) is 5.37. The van der Waals surface area contributed by atoms with Crippen LogP contribution in [0.1, 0.15) is 25.0 Å². The molecular weight excluding hydrogens is 234 g/mol. The molecule has 2 heterocycles. The summed E-state index contributed by atoms with van der Waals surface area (Å²) >= 11 is 0. The van der Waals surface area contributed by atoms with Gasteiger partial charge in [-0.05, 0) is 38.4 Å². The number of nitrogens with zero attached hydrogens (tertiary/aromatic N) is 1. The molecule has 2 aromatic rings. The summed E-state index contributed by atoms with van der Waals surface area (Å²) in [6.45, 7) is 4.26. The van der Waals surface area contributed by atoms with Crippen LogP contribution >= 0.6 is 0 Å². The first-order valence-corrected chi connectivity index (χ1v) is 7.16. The minimum absolute atomic E-state index is 0.521. The Labute approximate surface area is 114 Å². The molecule has 3 nitrogen and oxygen atoms in total. The van der Waals surface area contributed by atoms with E-state index in [1.54, 1.807) is 0 Å². The van der Waals surface area contributed by atoms with Gasteiger partial charge in [-0.2, -0.15) is 0 Å². The minimum atomic E-state index is 0.521. The van der Waals surface area contributed by atoms with E-state index < -0.39 is 0 Å². The quantitative estimate of drug-likeness (QED) is 0.866. The van der Waals surface area contributed by atoms with Crippen molar-refractivity contribution in [3.63, 3.8) is 0 Å². The second kappa shape index (κ2) is 5.57. The molecule has 0 spiro atoms. The number of hydrogen-bond acceptors (Lipinski definition) is 3. The van der Waals surface area contributed by atoms with Crippen molar-refractivity contribution < 1.29 is 0 Å². The lowest BCUT2D eigenvalue weighted by molar-refractivity contribution is 0.636. The molecule has 1 saturated heterocycles. The van der Waals surface area contributed by atoms with Crippen molar-refractivity contribution in [1.82, 2.24) is 10.3 Å². The molecule has 1 atom stereocenters. The van der Waals surface area contributed by atoms with Crippen LogP contribution in [-0.2, 0) is 0 Å². The minimum Gasteiger partial charge on any atom is -0.380 e. The Morgan fingerprint density at radius 3 is 3.11 bits per heavy atom. The van der Waals surface area contributed by atoms with Crippen LogP contribution in [-0.4, -0.2) is 24.1 Å². The lowest BCUT2D eigenvalue weighted by Crippen LogP contribution is -2.31. The van der Waals surface area contributed by atoms with Crippen molar-refractivity contribution in [2.75, 3.05) is 18.4 Å². The highest BCUT2D eigenvalue weighted by Gasteiger charge is 2.13. The molecule has 0 saturated carbocycles. The summed E-state index contributed by atoms with van der Waals surface area (Å²) in [6.07, 6.45) is 3.82. The van der Waals surface area contributed by atoms with E-state index in [1.807, 2.05) is 6.07 Å². The number of pyridine rings is 1. The summed E-state index contributed by atoms with van der Waals surface area (Å²) in [5, 5.41) is 8.42. The third-order valence-electron chi connectivity index (χ3n) is 3.75. The number of aryl methyl sites for hydroxylation is 1. The van der Waals surface area contributed by atoms with Crippen molar-refractivity contribution >= 4 is 16.6 Å². The van der Waals surface area contributed by atoms with Gasteiger partial charge in [-0.15, -0.1) is 0 Å². The summed E-state index contributed by atoms with van der Waals surface area (Å²) in [5.41, 5.74) is 3.37. The molecule has 1 aliphatic rings. The molecule has 0 aliphatic carbocycles. The molecule has 2 N–H and O–H groups in total. The lowest BCUT2D eigenvalue weighted by Gasteiger charge is -2.19. The fourth-order valence-electron chi connectivity index (χ4n) is 2.79. The Kier molecular flexibility index (Phi) is 3.65. The van der Waals surface area contributed by atoms with Gasteiger partial charge in [-0.1, -0.05) is 24.6 Å². The summed E-state index contributed by atoms with van der Waals surface area (Å²) in [6, 6.07) is 11.0. The molecule has 1 fully saturated rings. The summed E-state index contributed by atoms with van der Waals surface area (Å²) in [7, 11) is 0. The van der Waals surface area contributed by atoms with Gasteiger partial charge in [-0.25, -0.2) is 0 Å². The highest BCUT2D eigenvalue weighted by atomic mass is 15.0. The number of hydrogen-bond donors (Lipinski definition) is 2. The van der Waals surface area contributed by atoms with E-state index in [-0.39, 0.29) is 0 Å². The highest BCUT2D eigenvalue weighted by molar-refractivity contribution is 5.91. The summed E-state index contributed by atoms with van der Waals surface area (Å²) < 4.78 is 0. The highest BCUT2D eigenvalue weighted by Crippen LogP contribution is 2.24. The molecule has 3 heteroatoms. The van der Waals surface area contributed by atoms with Crippen LogP contribution in [0.3, 0.4) is 0 Å². The monoisotopic (exact) mass is 255 g/mol. The van der Waals surface area contributed by atoms with Crippen LogP contribution in [0.15, 0.2) is 30.3 Å². The molecule has 1 unspecified atom stereocenters. The Balaban J connectivity index is 1.90. The van der Waals surface area contributed by atoms with Gasteiger partial charge in [0.2, 0.25) is 0 Å². The van der Waals surface area contributed by atoms with Crippen molar-refractivity contribution in [2.24, 2.45) is 0 Å². The predicted octanol–water partition coefficient (Wildman–Crippen LogP) is 3.10. The number of para-hydroxylation sites is 1. The van der Waals surface area contributed by atoms with E-state index >= 15 is 0 Å². The molecule has 19 heavy (non-hydrogen) atoms. The third-order valence-corrected chi connectivity index (χ3v) is 3.75. The predicted molar refractivity (Wildman–Crippen MR) is 80.6 cm³/mol. The maximum atomic E-state index is 4.59. The number of benzene rings is 1. The molecular formula is C16H21N3. The maximum absolute atomic E-state index is 4.59. The Hall–Kier alpha value is -1.61. The van der Waals surface area contributed by atoms with E-state index in [1.165, 1.54) is 30.3 Å². The molecule has 1 aromatic heterocycles. The van der Waals surface area contributed by atoms with E-state index in [2.05, 4.69) is 46.8 Å². The average molecular weight is 255 g/mol. The third kappa shape index (κ3) is 2.87. The number of aromatic nitrogens is 1. The molecule has 100 valence electrons. The number of rotatable bonds is 2. The van der Waals surface area contributed by atoms with E-state index in [9.17, 15) is 0 Å². The second-order valence-corrected chi connectivity index (χ2v) is 5.37. The molecule has 0 radical (unpaired) electrons. The normalized spacial score (nSPS) is 20.2.